The van der Waals surface area contributed by atoms with Crippen LogP contribution in [0.4, 0.5) is 5.69 Å². The average Bonchev–Trinajstić information content (AvgIpc) is 3.21. The number of carbonyl (C=O) groups excluding carboxylic acids is 1. The number of amides is 1. The van der Waals surface area contributed by atoms with E-state index in [2.05, 4.69) is 5.32 Å². The van der Waals surface area contributed by atoms with Gasteiger partial charge in [-0.2, -0.15) is 0 Å². The molecule has 0 bridgehead atoms. The first-order valence-corrected chi connectivity index (χ1v) is 7.61. The van der Waals surface area contributed by atoms with E-state index in [-0.39, 0.29) is 16.7 Å². The predicted octanol–water partition coefficient (Wildman–Crippen LogP) is 3.77. The van der Waals surface area contributed by atoms with E-state index >= 15 is 0 Å². The number of anilines is 1. The lowest BCUT2D eigenvalue weighted by atomic mass is 10.1. The molecular weight excluding hydrogens is 286 g/mol. The van der Waals surface area contributed by atoms with E-state index in [1.807, 2.05) is 31.2 Å². The Balaban J connectivity index is 1.93. The molecule has 2 aromatic rings. The summed E-state index contributed by atoms with van der Waals surface area (Å²) in [5, 5.41) is 12.0. The zero-order chi connectivity index (χ0) is 15.0. The van der Waals surface area contributed by atoms with E-state index in [9.17, 15) is 14.7 Å². The van der Waals surface area contributed by atoms with Gasteiger partial charge in [-0.25, -0.2) is 4.79 Å². The quantitative estimate of drug-likeness (QED) is 0.903. The van der Waals surface area contributed by atoms with Crippen LogP contribution in [0, 0.1) is 12.8 Å². The standard InChI is InChI=1S/C16H15NO3S/c1-9-2-4-10(5-3-9)13-8-12(14(21-13)16(19)20)17-15(18)11-6-7-11/h2-5,8,11H,6-7H2,1H3,(H,17,18)(H,19,20). The molecule has 108 valence electrons. The first-order chi connectivity index (χ1) is 10.0. The Kier molecular flexibility index (Phi) is 3.51. The number of carboxylic acids is 1. The van der Waals surface area contributed by atoms with Crippen molar-refractivity contribution >= 4 is 28.9 Å². The van der Waals surface area contributed by atoms with Crippen molar-refractivity contribution in [3.63, 3.8) is 0 Å². The van der Waals surface area contributed by atoms with Crippen LogP contribution in [0.2, 0.25) is 0 Å². The molecule has 1 aromatic heterocycles. The number of hydrogen-bond acceptors (Lipinski definition) is 3. The smallest absolute Gasteiger partial charge is 0.348 e. The summed E-state index contributed by atoms with van der Waals surface area (Å²) in [4.78, 5) is 24.2. The number of carbonyl (C=O) groups is 2. The molecule has 1 aliphatic carbocycles. The maximum atomic E-state index is 11.8. The topological polar surface area (TPSA) is 66.4 Å². The predicted molar refractivity (Wildman–Crippen MR) is 82.8 cm³/mol. The van der Waals surface area contributed by atoms with E-state index in [0.29, 0.717) is 5.69 Å². The van der Waals surface area contributed by atoms with E-state index in [0.717, 1.165) is 28.8 Å². The summed E-state index contributed by atoms with van der Waals surface area (Å²) in [7, 11) is 0. The first-order valence-electron chi connectivity index (χ1n) is 6.79. The molecule has 1 amide bonds. The number of aryl methyl sites for hydroxylation is 1. The summed E-state index contributed by atoms with van der Waals surface area (Å²) in [6.07, 6.45) is 1.78. The number of hydrogen-bond donors (Lipinski definition) is 2. The van der Waals surface area contributed by atoms with Crippen LogP contribution >= 0.6 is 11.3 Å². The molecule has 1 aromatic carbocycles. The van der Waals surface area contributed by atoms with Gasteiger partial charge in [-0.15, -0.1) is 11.3 Å². The van der Waals surface area contributed by atoms with E-state index in [1.165, 1.54) is 11.3 Å². The molecule has 1 aliphatic rings. The molecule has 1 fully saturated rings. The molecule has 1 saturated carbocycles. The van der Waals surface area contributed by atoms with Gasteiger partial charge in [-0.3, -0.25) is 4.79 Å². The Hall–Kier alpha value is -2.14. The highest BCUT2D eigenvalue weighted by Gasteiger charge is 2.31. The maximum absolute atomic E-state index is 11.8. The van der Waals surface area contributed by atoms with Gasteiger partial charge in [0.2, 0.25) is 5.91 Å². The Morgan fingerprint density at radius 3 is 2.48 bits per heavy atom. The molecule has 0 aliphatic heterocycles. The van der Waals surface area contributed by atoms with Gasteiger partial charge >= 0.3 is 5.97 Å². The Bertz CT molecular complexity index is 699. The van der Waals surface area contributed by atoms with E-state index in [4.69, 9.17) is 0 Å². The van der Waals surface area contributed by atoms with Crippen molar-refractivity contribution in [1.82, 2.24) is 0 Å². The fourth-order valence-electron chi connectivity index (χ4n) is 2.08. The fraction of sp³-hybridized carbons (Fsp3) is 0.250. The minimum absolute atomic E-state index is 0.0503. The molecular formula is C16H15NO3S. The van der Waals surface area contributed by atoms with Crippen molar-refractivity contribution in [2.45, 2.75) is 19.8 Å². The van der Waals surface area contributed by atoms with Crippen LogP contribution in [0.25, 0.3) is 10.4 Å². The Morgan fingerprint density at radius 2 is 1.90 bits per heavy atom. The molecule has 21 heavy (non-hydrogen) atoms. The van der Waals surface area contributed by atoms with Crippen LogP contribution in [-0.2, 0) is 4.79 Å². The zero-order valence-corrected chi connectivity index (χ0v) is 12.4. The van der Waals surface area contributed by atoms with Crippen LogP contribution in [0.3, 0.4) is 0 Å². The van der Waals surface area contributed by atoms with Gasteiger partial charge in [0.15, 0.2) is 0 Å². The summed E-state index contributed by atoms with van der Waals surface area (Å²) in [6, 6.07) is 9.63. The molecule has 3 rings (SSSR count). The van der Waals surface area contributed by atoms with Crippen LogP contribution in [0.5, 0.6) is 0 Å². The largest absolute Gasteiger partial charge is 0.477 e. The summed E-state index contributed by atoms with van der Waals surface area (Å²) < 4.78 is 0. The zero-order valence-electron chi connectivity index (χ0n) is 11.6. The lowest BCUT2D eigenvalue weighted by Crippen LogP contribution is -2.14. The molecule has 0 unspecified atom stereocenters. The van der Waals surface area contributed by atoms with Crippen molar-refractivity contribution in [2.75, 3.05) is 5.32 Å². The molecule has 0 atom stereocenters. The first kappa shape index (κ1) is 13.8. The number of benzene rings is 1. The third-order valence-electron chi connectivity index (χ3n) is 3.47. The lowest BCUT2D eigenvalue weighted by molar-refractivity contribution is -0.117. The molecule has 2 N–H and O–H groups in total. The van der Waals surface area contributed by atoms with Crippen LogP contribution in [-0.4, -0.2) is 17.0 Å². The highest BCUT2D eigenvalue weighted by molar-refractivity contribution is 7.18. The summed E-state index contributed by atoms with van der Waals surface area (Å²) in [5.41, 5.74) is 2.51. The number of carboxylic acid groups (broad SMARTS) is 1. The van der Waals surface area contributed by atoms with Crippen molar-refractivity contribution in [3.8, 4) is 10.4 Å². The summed E-state index contributed by atoms with van der Waals surface area (Å²) in [6.45, 7) is 2.00. The molecule has 4 nitrogen and oxygen atoms in total. The SMILES string of the molecule is Cc1ccc(-c2cc(NC(=O)C3CC3)c(C(=O)O)s2)cc1. The van der Waals surface area contributed by atoms with Crippen LogP contribution in [0.1, 0.15) is 28.1 Å². The molecule has 0 spiro atoms. The highest BCUT2D eigenvalue weighted by Crippen LogP contribution is 2.37. The number of aromatic carboxylic acids is 1. The van der Waals surface area contributed by atoms with Crippen molar-refractivity contribution < 1.29 is 14.7 Å². The fourth-order valence-corrected chi connectivity index (χ4v) is 3.04. The molecule has 1 heterocycles. The number of nitrogens with one attached hydrogen (secondary N) is 1. The monoisotopic (exact) mass is 301 g/mol. The molecule has 0 saturated heterocycles. The van der Waals surface area contributed by atoms with Gasteiger partial charge in [-0.1, -0.05) is 29.8 Å². The van der Waals surface area contributed by atoms with Gasteiger partial charge in [0.25, 0.3) is 0 Å². The minimum atomic E-state index is -1.01. The maximum Gasteiger partial charge on any atom is 0.348 e. The second kappa shape index (κ2) is 5.33. The highest BCUT2D eigenvalue weighted by atomic mass is 32.1. The molecule has 0 radical (unpaired) electrons. The van der Waals surface area contributed by atoms with E-state index < -0.39 is 5.97 Å². The summed E-state index contributed by atoms with van der Waals surface area (Å²) >= 11 is 1.19. The lowest BCUT2D eigenvalue weighted by Gasteiger charge is -2.02. The van der Waals surface area contributed by atoms with Gasteiger partial charge in [-0.05, 0) is 31.4 Å². The Morgan fingerprint density at radius 1 is 1.24 bits per heavy atom. The third-order valence-corrected chi connectivity index (χ3v) is 4.64. The van der Waals surface area contributed by atoms with Gasteiger partial charge in [0.1, 0.15) is 4.88 Å². The second-order valence-corrected chi connectivity index (χ2v) is 6.34. The van der Waals surface area contributed by atoms with Gasteiger partial charge in [0.05, 0.1) is 5.69 Å². The number of thiophene rings is 1. The van der Waals surface area contributed by atoms with Crippen molar-refractivity contribution in [2.24, 2.45) is 5.92 Å². The van der Waals surface area contributed by atoms with Crippen molar-refractivity contribution in [1.29, 1.82) is 0 Å². The Labute approximate surface area is 126 Å². The van der Waals surface area contributed by atoms with Gasteiger partial charge < -0.3 is 10.4 Å². The second-order valence-electron chi connectivity index (χ2n) is 5.29. The van der Waals surface area contributed by atoms with Gasteiger partial charge in [0, 0.05) is 10.8 Å². The van der Waals surface area contributed by atoms with Crippen LogP contribution in [0.15, 0.2) is 30.3 Å². The minimum Gasteiger partial charge on any atom is -0.477 e. The average molecular weight is 301 g/mol. The summed E-state index contributed by atoms with van der Waals surface area (Å²) in [5.74, 6) is -1.04. The van der Waals surface area contributed by atoms with E-state index in [1.54, 1.807) is 6.07 Å². The third kappa shape index (κ3) is 2.97. The normalized spacial score (nSPS) is 14.0. The van der Waals surface area contributed by atoms with Crippen LogP contribution < -0.4 is 5.32 Å². The van der Waals surface area contributed by atoms with Crippen molar-refractivity contribution in [3.05, 3.63) is 40.8 Å². The molecule has 5 heteroatoms. The number of rotatable bonds is 4.